The summed E-state index contributed by atoms with van der Waals surface area (Å²) >= 11 is 1.31. The summed E-state index contributed by atoms with van der Waals surface area (Å²) in [6.07, 6.45) is 0. The topological polar surface area (TPSA) is 55.1 Å². The average molecular weight is 196 g/mol. The van der Waals surface area contributed by atoms with Crippen LogP contribution in [-0.2, 0) is 0 Å². The summed E-state index contributed by atoms with van der Waals surface area (Å²) in [5.74, 6) is 0. The van der Waals surface area contributed by atoms with E-state index in [2.05, 4.69) is 4.72 Å². The molecule has 3 nitrogen and oxygen atoms in total. The van der Waals surface area contributed by atoms with Gasteiger partial charge in [0.2, 0.25) is 0 Å². The van der Waals surface area contributed by atoms with Crippen LogP contribution in [0.1, 0.15) is 17.7 Å². The van der Waals surface area contributed by atoms with Gasteiger partial charge in [0.15, 0.2) is 0 Å². The van der Waals surface area contributed by atoms with Crippen molar-refractivity contribution in [2.75, 3.05) is 0 Å². The molecule has 1 atom stereocenters. The first-order valence-corrected chi connectivity index (χ1v) is 4.84. The zero-order valence-corrected chi connectivity index (χ0v) is 8.17. The third-order valence-electron chi connectivity index (χ3n) is 1.61. The van der Waals surface area contributed by atoms with Crippen LogP contribution in [0.3, 0.4) is 0 Å². The fraction of sp³-hybridized carbons (Fsp3) is 0.222. The third kappa shape index (κ3) is 3.38. The third-order valence-corrected chi connectivity index (χ3v) is 2.55. The first-order chi connectivity index (χ1) is 6.20. The van der Waals surface area contributed by atoms with Gasteiger partial charge in [-0.1, -0.05) is 30.3 Å². The lowest BCUT2D eigenvalue weighted by Gasteiger charge is -2.10. The number of carbonyl (C=O) groups excluding carboxylic acids is 1. The van der Waals surface area contributed by atoms with Crippen LogP contribution < -0.4 is 10.5 Å². The molecule has 1 rings (SSSR count). The Bertz CT molecular complexity index is 276. The second-order valence-electron chi connectivity index (χ2n) is 2.64. The molecule has 0 aliphatic heterocycles. The molecule has 0 heterocycles. The minimum absolute atomic E-state index is 0.216. The predicted octanol–water partition coefficient (Wildman–Crippen LogP) is 2.06. The number of nitrogens with one attached hydrogen (secondary N) is 1. The lowest BCUT2D eigenvalue weighted by Crippen LogP contribution is -2.23. The van der Waals surface area contributed by atoms with Crippen molar-refractivity contribution in [3.63, 3.8) is 0 Å². The highest BCUT2D eigenvalue weighted by Gasteiger charge is 2.05. The maximum Gasteiger partial charge on any atom is 0.322 e. The lowest BCUT2D eigenvalue weighted by molar-refractivity contribution is 0.254. The van der Waals surface area contributed by atoms with Gasteiger partial charge in [0, 0.05) is 5.25 Å². The molecule has 0 spiro atoms. The summed E-state index contributed by atoms with van der Waals surface area (Å²) < 4.78 is 2.50. The molecule has 1 aromatic carbocycles. The minimum Gasteiger partial charge on any atom is -0.351 e. The molecule has 0 aromatic heterocycles. The zero-order chi connectivity index (χ0) is 9.68. The van der Waals surface area contributed by atoms with E-state index >= 15 is 0 Å². The monoisotopic (exact) mass is 196 g/mol. The molecular formula is C9H12N2OS. The SMILES string of the molecule is CC(SNC(N)=O)c1ccccc1. The Morgan fingerprint density at radius 3 is 2.62 bits per heavy atom. The molecule has 13 heavy (non-hydrogen) atoms. The summed E-state index contributed by atoms with van der Waals surface area (Å²) in [6.45, 7) is 2.01. The minimum atomic E-state index is -0.507. The molecule has 0 fully saturated rings. The van der Waals surface area contributed by atoms with E-state index in [-0.39, 0.29) is 5.25 Å². The Balaban J connectivity index is 2.49. The van der Waals surface area contributed by atoms with Crippen molar-refractivity contribution in [1.82, 2.24) is 4.72 Å². The zero-order valence-electron chi connectivity index (χ0n) is 7.36. The standard InChI is InChI=1S/C9H12N2OS/c1-7(13-11-9(10)12)8-5-3-2-4-6-8/h2-7H,1H3,(H3,10,11,12). The van der Waals surface area contributed by atoms with Gasteiger partial charge in [-0.05, 0) is 24.4 Å². The molecule has 1 aromatic rings. The Hall–Kier alpha value is -1.16. The highest BCUT2D eigenvalue weighted by Crippen LogP contribution is 2.24. The summed E-state index contributed by atoms with van der Waals surface area (Å²) in [7, 11) is 0. The second kappa shape index (κ2) is 4.77. The smallest absolute Gasteiger partial charge is 0.322 e. The van der Waals surface area contributed by atoms with Crippen LogP contribution >= 0.6 is 11.9 Å². The number of hydrogen-bond donors (Lipinski definition) is 2. The van der Waals surface area contributed by atoms with Gasteiger partial charge in [-0.15, -0.1) is 0 Å². The highest BCUT2D eigenvalue weighted by atomic mass is 32.2. The fourth-order valence-electron chi connectivity index (χ4n) is 0.939. The molecule has 0 saturated carbocycles. The summed E-state index contributed by atoms with van der Waals surface area (Å²) in [6, 6.07) is 9.42. The average Bonchev–Trinajstić information content (AvgIpc) is 2.15. The van der Waals surface area contributed by atoms with Crippen molar-refractivity contribution in [1.29, 1.82) is 0 Å². The molecular weight excluding hydrogens is 184 g/mol. The maximum absolute atomic E-state index is 10.4. The Morgan fingerprint density at radius 1 is 1.46 bits per heavy atom. The van der Waals surface area contributed by atoms with Gasteiger partial charge in [0.05, 0.1) is 0 Å². The number of urea groups is 1. The van der Waals surface area contributed by atoms with E-state index in [0.29, 0.717) is 0 Å². The van der Waals surface area contributed by atoms with Gasteiger partial charge in [-0.25, -0.2) is 4.79 Å². The molecule has 2 amide bonds. The molecule has 0 aliphatic carbocycles. The van der Waals surface area contributed by atoms with E-state index in [1.807, 2.05) is 37.3 Å². The molecule has 0 aliphatic rings. The number of amides is 2. The molecule has 70 valence electrons. The van der Waals surface area contributed by atoms with Crippen LogP contribution in [-0.4, -0.2) is 6.03 Å². The number of nitrogens with two attached hydrogens (primary N) is 1. The van der Waals surface area contributed by atoms with Crippen molar-refractivity contribution in [2.24, 2.45) is 5.73 Å². The van der Waals surface area contributed by atoms with Crippen LogP contribution in [0.4, 0.5) is 4.79 Å². The lowest BCUT2D eigenvalue weighted by atomic mass is 10.2. The number of benzene rings is 1. The van der Waals surface area contributed by atoms with Crippen molar-refractivity contribution >= 4 is 18.0 Å². The molecule has 0 saturated heterocycles. The largest absolute Gasteiger partial charge is 0.351 e. The van der Waals surface area contributed by atoms with Crippen molar-refractivity contribution in [3.8, 4) is 0 Å². The fourth-order valence-corrected chi connectivity index (χ4v) is 1.52. The van der Waals surface area contributed by atoms with E-state index in [0.717, 1.165) is 0 Å². The van der Waals surface area contributed by atoms with Gasteiger partial charge in [0.1, 0.15) is 0 Å². The van der Waals surface area contributed by atoms with E-state index in [1.165, 1.54) is 17.5 Å². The molecule has 1 unspecified atom stereocenters. The summed E-state index contributed by atoms with van der Waals surface area (Å²) in [5, 5.41) is 0.216. The maximum atomic E-state index is 10.4. The van der Waals surface area contributed by atoms with Crippen LogP contribution in [0.15, 0.2) is 30.3 Å². The first-order valence-electron chi connectivity index (χ1n) is 3.96. The van der Waals surface area contributed by atoms with Crippen LogP contribution in [0.25, 0.3) is 0 Å². The van der Waals surface area contributed by atoms with Crippen molar-refractivity contribution in [3.05, 3.63) is 35.9 Å². The van der Waals surface area contributed by atoms with E-state index in [1.54, 1.807) is 0 Å². The van der Waals surface area contributed by atoms with Crippen LogP contribution in [0.2, 0.25) is 0 Å². The predicted molar refractivity (Wildman–Crippen MR) is 55.2 cm³/mol. The summed E-state index contributed by atoms with van der Waals surface area (Å²) in [5.41, 5.74) is 6.12. The summed E-state index contributed by atoms with van der Waals surface area (Å²) in [4.78, 5) is 10.4. The molecule has 4 heteroatoms. The Morgan fingerprint density at radius 2 is 2.08 bits per heavy atom. The van der Waals surface area contributed by atoms with Crippen LogP contribution in [0, 0.1) is 0 Å². The Labute approximate surface area is 81.8 Å². The van der Waals surface area contributed by atoms with Gasteiger partial charge < -0.3 is 5.73 Å². The van der Waals surface area contributed by atoms with Crippen molar-refractivity contribution < 1.29 is 4.79 Å². The van der Waals surface area contributed by atoms with E-state index < -0.39 is 6.03 Å². The molecule has 0 bridgehead atoms. The van der Waals surface area contributed by atoms with Crippen LogP contribution in [0.5, 0.6) is 0 Å². The Kier molecular flexibility index (Phi) is 3.64. The number of hydrogen-bond acceptors (Lipinski definition) is 2. The van der Waals surface area contributed by atoms with Gasteiger partial charge in [0.25, 0.3) is 0 Å². The van der Waals surface area contributed by atoms with E-state index in [9.17, 15) is 4.79 Å². The number of primary amides is 1. The molecule has 3 N–H and O–H groups in total. The van der Waals surface area contributed by atoms with E-state index in [4.69, 9.17) is 5.73 Å². The van der Waals surface area contributed by atoms with Gasteiger partial charge in [-0.3, -0.25) is 4.72 Å². The second-order valence-corrected chi connectivity index (χ2v) is 3.78. The van der Waals surface area contributed by atoms with Gasteiger partial charge >= 0.3 is 6.03 Å². The highest BCUT2D eigenvalue weighted by molar-refractivity contribution is 7.98. The normalized spacial score (nSPS) is 12.1. The number of carbonyl (C=O) groups is 1. The number of rotatable bonds is 3. The first kappa shape index (κ1) is 9.92. The molecule has 0 radical (unpaired) electrons. The van der Waals surface area contributed by atoms with Crippen molar-refractivity contribution in [2.45, 2.75) is 12.2 Å². The van der Waals surface area contributed by atoms with Gasteiger partial charge in [-0.2, -0.15) is 0 Å². The quantitative estimate of drug-likeness (QED) is 0.727.